The van der Waals surface area contributed by atoms with E-state index in [1.807, 2.05) is 54.6 Å². The average molecular weight is 504 g/mol. The highest BCUT2D eigenvalue weighted by atomic mass is 35.5. The Morgan fingerprint density at radius 1 is 0.941 bits per heavy atom. The maximum absolute atomic E-state index is 12.7. The highest BCUT2D eigenvalue weighted by Gasteiger charge is 2.26. The van der Waals surface area contributed by atoms with Gasteiger partial charge in [-0.1, -0.05) is 60.7 Å². The Morgan fingerprint density at radius 2 is 1.56 bits per heavy atom. The van der Waals surface area contributed by atoms with Crippen LogP contribution in [0, 0.1) is 0 Å². The number of aliphatic hydroxyl groups is 1. The molecule has 34 heavy (non-hydrogen) atoms. The van der Waals surface area contributed by atoms with E-state index in [-0.39, 0.29) is 22.9 Å². The van der Waals surface area contributed by atoms with Gasteiger partial charge < -0.3 is 15.5 Å². The Morgan fingerprint density at radius 3 is 2.15 bits per heavy atom. The van der Waals surface area contributed by atoms with Gasteiger partial charge in [0.15, 0.2) is 9.84 Å². The lowest BCUT2D eigenvalue weighted by atomic mass is 10.0. The van der Waals surface area contributed by atoms with Crippen molar-refractivity contribution >= 4 is 28.2 Å². The molecule has 0 aliphatic heterocycles. The number of hydrogen-bond donors (Lipinski definition) is 3. The van der Waals surface area contributed by atoms with Crippen LogP contribution in [0.3, 0.4) is 0 Å². The van der Waals surface area contributed by atoms with Crippen LogP contribution < -0.4 is 5.32 Å². The van der Waals surface area contributed by atoms with Crippen LogP contribution in [0.2, 0.25) is 0 Å². The van der Waals surface area contributed by atoms with Crippen LogP contribution >= 0.6 is 12.4 Å². The van der Waals surface area contributed by atoms with Crippen molar-refractivity contribution in [1.29, 1.82) is 0 Å². The molecule has 0 amide bonds. The lowest BCUT2D eigenvalue weighted by molar-refractivity contribution is 0.0692. The molecule has 0 fully saturated rings. The van der Waals surface area contributed by atoms with Crippen LogP contribution in [-0.4, -0.2) is 42.9 Å². The SMILES string of the molecule is CC(C)S(=O)(=O)c1cc(-c2ccc(CCNC[C@H](O)c3ccccc3)cc2)ccc1C(=O)O.Cl. The molecule has 0 heterocycles. The fraction of sp³-hybridized carbons (Fsp3) is 0.269. The van der Waals surface area contributed by atoms with Gasteiger partial charge in [-0.05, 0) is 61.2 Å². The first-order valence-electron chi connectivity index (χ1n) is 10.8. The molecule has 8 heteroatoms. The number of aromatic carboxylic acids is 1. The largest absolute Gasteiger partial charge is 0.478 e. The minimum Gasteiger partial charge on any atom is -0.478 e. The fourth-order valence-electron chi connectivity index (χ4n) is 3.50. The highest BCUT2D eigenvalue weighted by Crippen LogP contribution is 2.28. The number of rotatable bonds is 10. The van der Waals surface area contributed by atoms with E-state index in [0.29, 0.717) is 18.7 Å². The molecule has 0 radical (unpaired) electrons. The molecule has 3 aromatic carbocycles. The van der Waals surface area contributed by atoms with Gasteiger partial charge in [0.2, 0.25) is 0 Å². The second-order valence-corrected chi connectivity index (χ2v) is 10.7. The third-order valence-electron chi connectivity index (χ3n) is 5.54. The predicted octanol–water partition coefficient (Wildman–Crippen LogP) is 4.52. The normalized spacial score (nSPS) is 12.2. The summed E-state index contributed by atoms with van der Waals surface area (Å²) in [4.78, 5) is 11.4. The summed E-state index contributed by atoms with van der Waals surface area (Å²) in [6.07, 6.45) is 0.214. The molecule has 0 saturated heterocycles. The van der Waals surface area contributed by atoms with Crippen LogP contribution in [0.1, 0.15) is 41.4 Å². The summed E-state index contributed by atoms with van der Waals surface area (Å²) in [6.45, 7) is 4.24. The fourth-order valence-corrected chi connectivity index (χ4v) is 4.76. The minimum absolute atomic E-state index is 0. The summed E-state index contributed by atoms with van der Waals surface area (Å²) in [6, 6.07) is 21.7. The van der Waals surface area contributed by atoms with Gasteiger partial charge in [0, 0.05) is 6.54 Å². The number of nitrogens with one attached hydrogen (secondary N) is 1. The molecule has 0 bridgehead atoms. The summed E-state index contributed by atoms with van der Waals surface area (Å²) in [7, 11) is -3.74. The van der Waals surface area contributed by atoms with Crippen molar-refractivity contribution in [3.8, 4) is 11.1 Å². The lowest BCUT2D eigenvalue weighted by Crippen LogP contribution is -2.23. The summed E-state index contributed by atoms with van der Waals surface area (Å²) in [5.74, 6) is -1.26. The first-order valence-corrected chi connectivity index (χ1v) is 12.4. The summed E-state index contributed by atoms with van der Waals surface area (Å²) in [5, 5.41) is 22.2. The van der Waals surface area contributed by atoms with Crippen LogP contribution in [0.25, 0.3) is 11.1 Å². The van der Waals surface area contributed by atoms with E-state index in [2.05, 4.69) is 5.32 Å². The number of sulfone groups is 1. The van der Waals surface area contributed by atoms with Gasteiger partial charge in [-0.3, -0.25) is 0 Å². The van der Waals surface area contributed by atoms with Crippen molar-refractivity contribution in [3.63, 3.8) is 0 Å². The third-order valence-corrected chi connectivity index (χ3v) is 7.73. The first kappa shape index (κ1) is 27.5. The van der Waals surface area contributed by atoms with Gasteiger partial charge in [-0.15, -0.1) is 12.4 Å². The van der Waals surface area contributed by atoms with Crippen molar-refractivity contribution in [2.45, 2.75) is 36.5 Å². The van der Waals surface area contributed by atoms with Crippen molar-refractivity contribution in [3.05, 3.63) is 89.5 Å². The van der Waals surface area contributed by atoms with Crippen LogP contribution in [-0.2, 0) is 16.3 Å². The lowest BCUT2D eigenvalue weighted by Gasteiger charge is -2.13. The van der Waals surface area contributed by atoms with E-state index in [9.17, 15) is 23.4 Å². The van der Waals surface area contributed by atoms with E-state index in [1.54, 1.807) is 6.07 Å². The Labute approximate surface area is 207 Å². The molecule has 0 saturated carbocycles. The molecule has 3 N–H and O–H groups in total. The zero-order valence-electron chi connectivity index (χ0n) is 19.1. The molecule has 182 valence electrons. The smallest absolute Gasteiger partial charge is 0.337 e. The van der Waals surface area contributed by atoms with E-state index in [4.69, 9.17) is 0 Å². The van der Waals surface area contributed by atoms with E-state index in [0.717, 1.165) is 23.1 Å². The maximum atomic E-state index is 12.7. The molecule has 0 aromatic heterocycles. The standard InChI is InChI=1S/C26H29NO5S.ClH/c1-18(2)33(31,32)25-16-22(12-13-23(25)26(29)30)20-10-8-19(9-11-20)14-15-27-17-24(28)21-6-4-3-5-7-21;/h3-13,16,18,24,27-28H,14-15,17H2,1-2H3,(H,29,30);1H/t24-;/m0./s1. The van der Waals surface area contributed by atoms with E-state index >= 15 is 0 Å². The number of carbonyl (C=O) groups is 1. The molecule has 3 rings (SSSR count). The highest BCUT2D eigenvalue weighted by molar-refractivity contribution is 7.92. The number of benzene rings is 3. The molecule has 0 aliphatic rings. The Bertz CT molecular complexity index is 1200. The monoisotopic (exact) mass is 503 g/mol. The van der Waals surface area contributed by atoms with Crippen molar-refractivity contribution in [2.75, 3.05) is 13.1 Å². The van der Waals surface area contributed by atoms with Crippen molar-refractivity contribution in [1.82, 2.24) is 5.32 Å². The molecular formula is C26H30ClNO5S. The molecule has 0 aliphatic carbocycles. The quantitative estimate of drug-likeness (QED) is 0.351. The van der Waals surface area contributed by atoms with E-state index in [1.165, 1.54) is 26.0 Å². The topological polar surface area (TPSA) is 104 Å². The molecule has 0 unspecified atom stereocenters. The van der Waals surface area contributed by atoms with Crippen LogP contribution in [0.15, 0.2) is 77.7 Å². The Hall–Kier alpha value is -2.71. The minimum atomic E-state index is -3.74. The summed E-state index contributed by atoms with van der Waals surface area (Å²) in [5.41, 5.74) is 3.21. The van der Waals surface area contributed by atoms with Crippen LogP contribution in [0.5, 0.6) is 0 Å². The number of hydrogen-bond acceptors (Lipinski definition) is 5. The van der Waals surface area contributed by atoms with Gasteiger partial charge in [-0.25, -0.2) is 13.2 Å². The maximum Gasteiger partial charge on any atom is 0.337 e. The number of aliphatic hydroxyl groups excluding tert-OH is 1. The molecule has 1 atom stereocenters. The third kappa shape index (κ3) is 6.67. The molecule has 3 aromatic rings. The Balaban J connectivity index is 0.00000408. The average Bonchev–Trinajstić information content (AvgIpc) is 2.82. The van der Waals surface area contributed by atoms with Gasteiger partial charge in [0.05, 0.1) is 21.8 Å². The predicted molar refractivity (Wildman–Crippen MR) is 136 cm³/mol. The van der Waals surface area contributed by atoms with Gasteiger partial charge in [-0.2, -0.15) is 0 Å². The molecule has 6 nitrogen and oxygen atoms in total. The zero-order chi connectivity index (χ0) is 24.0. The van der Waals surface area contributed by atoms with Crippen molar-refractivity contribution in [2.24, 2.45) is 0 Å². The van der Waals surface area contributed by atoms with Crippen molar-refractivity contribution < 1.29 is 23.4 Å². The van der Waals surface area contributed by atoms with E-state index < -0.39 is 27.2 Å². The van der Waals surface area contributed by atoms with Crippen LogP contribution in [0.4, 0.5) is 0 Å². The number of carboxylic acids is 1. The second kappa shape index (κ2) is 12.1. The summed E-state index contributed by atoms with van der Waals surface area (Å²) < 4.78 is 25.4. The molecule has 0 spiro atoms. The zero-order valence-corrected chi connectivity index (χ0v) is 20.8. The van der Waals surface area contributed by atoms with Gasteiger partial charge in [0.25, 0.3) is 0 Å². The van der Waals surface area contributed by atoms with Gasteiger partial charge >= 0.3 is 5.97 Å². The second-order valence-electron chi connectivity index (χ2n) is 8.19. The number of halogens is 1. The molecular weight excluding hydrogens is 474 g/mol. The summed E-state index contributed by atoms with van der Waals surface area (Å²) >= 11 is 0. The Kier molecular flexibility index (Phi) is 9.82. The number of carboxylic acid groups (broad SMARTS) is 1. The first-order chi connectivity index (χ1) is 15.7. The van der Waals surface area contributed by atoms with Gasteiger partial charge in [0.1, 0.15) is 0 Å².